The van der Waals surface area contributed by atoms with Crippen molar-refractivity contribution in [1.29, 1.82) is 0 Å². The molecule has 0 amide bonds. The van der Waals surface area contributed by atoms with Gasteiger partial charge in [-0.15, -0.1) is 0 Å². The molecule has 2 aromatic rings. The van der Waals surface area contributed by atoms with E-state index in [4.69, 9.17) is 0 Å². The number of nitrogens with zero attached hydrogens (tertiary/aromatic N) is 3. The van der Waals surface area contributed by atoms with E-state index in [9.17, 15) is 0 Å². The zero-order valence-electron chi connectivity index (χ0n) is 10.3. The molecule has 1 unspecified atom stereocenters. The number of nitrogens with one attached hydrogen (secondary N) is 2. The van der Waals surface area contributed by atoms with Crippen molar-refractivity contribution in [2.45, 2.75) is 32.7 Å². The first-order valence-corrected chi connectivity index (χ1v) is 5.74. The Labute approximate surface area is 101 Å². The Morgan fingerprint density at radius 3 is 2.71 bits per heavy atom. The van der Waals surface area contributed by atoms with E-state index in [1.54, 1.807) is 6.33 Å². The minimum absolute atomic E-state index is 0.170. The first kappa shape index (κ1) is 11.6. The molecule has 0 fully saturated rings. The van der Waals surface area contributed by atoms with Crippen molar-refractivity contribution < 1.29 is 0 Å². The second-order valence-electron chi connectivity index (χ2n) is 4.38. The van der Waals surface area contributed by atoms with Crippen LogP contribution >= 0.6 is 0 Å². The molecule has 0 aromatic carbocycles. The lowest BCUT2D eigenvalue weighted by Crippen LogP contribution is -2.08. The van der Waals surface area contributed by atoms with Crippen molar-refractivity contribution in [3.8, 4) is 0 Å². The van der Waals surface area contributed by atoms with E-state index < -0.39 is 0 Å². The third-order valence-electron chi connectivity index (χ3n) is 2.66. The summed E-state index contributed by atoms with van der Waals surface area (Å²) in [5, 5.41) is 10.1. The molecule has 2 aromatic heterocycles. The number of aromatic amines is 1. The number of rotatable bonds is 4. The summed E-state index contributed by atoms with van der Waals surface area (Å²) in [5.74, 6) is 1.25. The number of aromatic nitrogens is 4. The van der Waals surface area contributed by atoms with E-state index in [-0.39, 0.29) is 6.04 Å². The van der Waals surface area contributed by atoms with Gasteiger partial charge in [0.25, 0.3) is 0 Å². The highest BCUT2D eigenvalue weighted by Gasteiger charge is 2.08. The predicted octanol–water partition coefficient (Wildman–Crippen LogP) is 2.50. The molecule has 2 rings (SSSR count). The molecule has 17 heavy (non-hydrogen) atoms. The quantitative estimate of drug-likeness (QED) is 0.848. The van der Waals surface area contributed by atoms with Crippen molar-refractivity contribution in [3.63, 3.8) is 0 Å². The summed E-state index contributed by atoms with van der Waals surface area (Å²) in [6.45, 7) is 6.30. The number of hydrogen-bond acceptors (Lipinski definition) is 4. The van der Waals surface area contributed by atoms with Gasteiger partial charge in [-0.25, -0.2) is 9.97 Å². The molecule has 0 saturated carbocycles. The first-order valence-electron chi connectivity index (χ1n) is 5.74. The van der Waals surface area contributed by atoms with Crippen LogP contribution in [0.15, 0.2) is 24.8 Å². The monoisotopic (exact) mass is 231 g/mol. The molecule has 5 heteroatoms. The van der Waals surface area contributed by atoms with Crippen molar-refractivity contribution in [3.05, 3.63) is 36.0 Å². The average Bonchev–Trinajstić information content (AvgIpc) is 2.82. The van der Waals surface area contributed by atoms with Gasteiger partial charge in [0.15, 0.2) is 0 Å². The van der Waals surface area contributed by atoms with E-state index >= 15 is 0 Å². The van der Waals surface area contributed by atoms with Gasteiger partial charge in [-0.2, -0.15) is 5.10 Å². The van der Waals surface area contributed by atoms with Crippen LogP contribution in [0.4, 0.5) is 5.82 Å². The average molecular weight is 231 g/mol. The molecular formula is C12H17N5. The molecule has 0 aliphatic rings. The second kappa shape index (κ2) is 4.95. The lowest BCUT2D eigenvalue weighted by molar-refractivity contribution is 0.807. The smallest absolute Gasteiger partial charge is 0.130 e. The zero-order valence-corrected chi connectivity index (χ0v) is 10.3. The second-order valence-corrected chi connectivity index (χ2v) is 4.38. The molecular weight excluding hydrogens is 214 g/mol. The van der Waals surface area contributed by atoms with Crippen LogP contribution in [0.5, 0.6) is 0 Å². The van der Waals surface area contributed by atoms with Crippen LogP contribution in [0.2, 0.25) is 0 Å². The van der Waals surface area contributed by atoms with Crippen LogP contribution in [0.3, 0.4) is 0 Å². The summed E-state index contributed by atoms with van der Waals surface area (Å²) < 4.78 is 0. The van der Waals surface area contributed by atoms with Gasteiger partial charge in [0.05, 0.1) is 12.2 Å². The summed E-state index contributed by atoms with van der Waals surface area (Å²) in [6.07, 6.45) is 5.28. The highest BCUT2D eigenvalue weighted by molar-refractivity contribution is 5.38. The molecule has 0 spiro atoms. The summed E-state index contributed by atoms with van der Waals surface area (Å²) in [4.78, 5) is 8.46. The molecule has 0 saturated heterocycles. The van der Waals surface area contributed by atoms with Gasteiger partial charge in [-0.05, 0) is 12.8 Å². The van der Waals surface area contributed by atoms with Gasteiger partial charge in [-0.1, -0.05) is 13.8 Å². The number of H-pyrrole nitrogens is 1. The predicted molar refractivity (Wildman–Crippen MR) is 66.7 cm³/mol. The van der Waals surface area contributed by atoms with Crippen molar-refractivity contribution in [2.24, 2.45) is 0 Å². The zero-order chi connectivity index (χ0) is 12.3. The van der Waals surface area contributed by atoms with Crippen LogP contribution in [0.25, 0.3) is 0 Å². The Kier molecular flexibility index (Phi) is 3.37. The third-order valence-corrected chi connectivity index (χ3v) is 2.66. The molecule has 90 valence electrons. The van der Waals surface area contributed by atoms with Crippen molar-refractivity contribution in [2.75, 3.05) is 5.32 Å². The van der Waals surface area contributed by atoms with E-state index in [0.717, 1.165) is 17.1 Å². The Bertz CT molecular complexity index is 464. The molecule has 2 N–H and O–H groups in total. The molecule has 0 aliphatic heterocycles. The van der Waals surface area contributed by atoms with Gasteiger partial charge < -0.3 is 5.32 Å². The fourth-order valence-corrected chi connectivity index (χ4v) is 1.57. The topological polar surface area (TPSA) is 66.5 Å². The fraction of sp³-hybridized carbons (Fsp3) is 0.417. The molecule has 5 nitrogen and oxygen atoms in total. The van der Waals surface area contributed by atoms with Crippen LogP contribution in [-0.2, 0) is 0 Å². The van der Waals surface area contributed by atoms with E-state index in [0.29, 0.717) is 5.92 Å². The van der Waals surface area contributed by atoms with Crippen LogP contribution in [0, 0.1) is 0 Å². The Hall–Kier alpha value is -1.91. The summed E-state index contributed by atoms with van der Waals surface area (Å²) in [6, 6.07) is 2.16. The van der Waals surface area contributed by atoms with Crippen molar-refractivity contribution >= 4 is 5.82 Å². The summed E-state index contributed by atoms with van der Waals surface area (Å²) in [7, 11) is 0. The first-order chi connectivity index (χ1) is 8.16. The number of hydrogen-bond donors (Lipinski definition) is 2. The highest BCUT2D eigenvalue weighted by Crippen LogP contribution is 2.18. The minimum Gasteiger partial charge on any atom is -0.363 e. The lowest BCUT2D eigenvalue weighted by Gasteiger charge is -2.13. The van der Waals surface area contributed by atoms with Crippen LogP contribution < -0.4 is 5.32 Å². The SMILES string of the molecule is CC(C)c1cc(NC(C)c2cn[nH]c2)ncn1. The van der Waals surface area contributed by atoms with Gasteiger partial charge in [0.1, 0.15) is 12.1 Å². The van der Waals surface area contributed by atoms with E-state index in [1.165, 1.54) is 0 Å². The Morgan fingerprint density at radius 1 is 1.24 bits per heavy atom. The molecule has 2 heterocycles. The fourth-order valence-electron chi connectivity index (χ4n) is 1.57. The van der Waals surface area contributed by atoms with Gasteiger partial charge in [0.2, 0.25) is 0 Å². The normalized spacial score (nSPS) is 12.7. The lowest BCUT2D eigenvalue weighted by atomic mass is 10.1. The van der Waals surface area contributed by atoms with E-state index in [1.807, 2.05) is 18.5 Å². The molecule has 0 aliphatic carbocycles. The van der Waals surface area contributed by atoms with Crippen LogP contribution in [0.1, 0.15) is 44.0 Å². The Morgan fingerprint density at radius 2 is 2.06 bits per heavy atom. The number of anilines is 1. The Balaban J connectivity index is 2.11. The maximum absolute atomic E-state index is 4.24. The maximum atomic E-state index is 4.24. The minimum atomic E-state index is 0.170. The summed E-state index contributed by atoms with van der Waals surface area (Å²) in [5.41, 5.74) is 2.15. The molecule has 0 radical (unpaired) electrons. The molecule has 0 bridgehead atoms. The summed E-state index contributed by atoms with van der Waals surface area (Å²) >= 11 is 0. The third kappa shape index (κ3) is 2.81. The maximum Gasteiger partial charge on any atom is 0.130 e. The van der Waals surface area contributed by atoms with Crippen molar-refractivity contribution in [1.82, 2.24) is 20.2 Å². The van der Waals surface area contributed by atoms with Gasteiger partial charge in [0, 0.05) is 23.5 Å². The standard InChI is InChI=1S/C12H17N5/c1-8(2)11-4-12(14-7-13-11)17-9(3)10-5-15-16-6-10/h4-9H,1-3H3,(H,15,16)(H,13,14,17). The van der Waals surface area contributed by atoms with E-state index in [2.05, 4.69) is 46.3 Å². The van der Waals surface area contributed by atoms with Crippen LogP contribution in [-0.4, -0.2) is 20.2 Å². The highest BCUT2D eigenvalue weighted by atomic mass is 15.1. The van der Waals surface area contributed by atoms with Gasteiger partial charge >= 0.3 is 0 Å². The van der Waals surface area contributed by atoms with Gasteiger partial charge in [-0.3, -0.25) is 5.10 Å². The largest absolute Gasteiger partial charge is 0.363 e. The molecule has 1 atom stereocenters.